The fraction of sp³-hybridized carbons (Fsp3) is 0.214. The summed E-state index contributed by atoms with van der Waals surface area (Å²) in [7, 11) is 1.30. The first-order chi connectivity index (χ1) is 8.76. The summed E-state index contributed by atoms with van der Waals surface area (Å²) >= 11 is 0. The van der Waals surface area contributed by atoms with E-state index in [2.05, 4.69) is 4.74 Å². The molecule has 0 radical (unpaired) electrons. The number of aliphatic hydroxyl groups is 1. The zero-order valence-electron chi connectivity index (χ0n) is 10.1. The summed E-state index contributed by atoms with van der Waals surface area (Å²) in [5.41, 5.74) is 0.678. The zero-order chi connectivity index (χ0) is 13.0. The molecule has 0 fully saturated rings. The van der Waals surface area contributed by atoms with E-state index < -0.39 is 5.97 Å². The highest BCUT2D eigenvalue weighted by molar-refractivity contribution is 5.87. The standard InChI is InChI=1S/C14H14O4/c1-17-14(16)9-18-13-7-6-10-4-2-3-5-11(10)12(13)8-15/h2-7,15H,8-9H2,1H3. The van der Waals surface area contributed by atoms with Gasteiger partial charge in [0.25, 0.3) is 0 Å². The van der Waals surface area contributed by atoms with Crippen LogP contribution in [0, 0.1) is 0 Å². The smallest absolute Gasteiger partial charge is 0.343 e. The molecular weight excluding hydrogens is 232 g/mol. The lowest BCUT2D eigenvalue weighted by molar-refractivity contribution is -0.142. The SMILES string of the molecule is COC(=O)COc1ccc2ccccc2c1CO. The van der Waals surface area contributed by atoms with Crippen molar-refractivity contribution in [1.29, 1.82) is 0 Å². The van der Waals surface area contributed by atoms with Crippen molar-refractivity contribution >= 4 is 16.7 Å². The number of carbonyl (C=O) groups excluding carboxylic acids is 1. The molecule has 0 unspecified atom stereocenters. The molecule has 0 bridgehead atoms. The molecule has 2 rings (SSSR count). The predicted octanol–water partition coefficient (Wildman–Crippen LogP) is 1.88. The molecular formula is C14H14O4. The van der Waals surface area contributed by atoms with Crippen LogP contribution >= 0.6 is 0 Å². The summed E-state index contributed by atoms with van der Waals surface area (Å²) in [6, 6.07) is 11.3. The molecule has 4 nitrogen and oxygen atoms in total. The molecule has 2 aromatic rings. The molecule has 4 heteroatoms. The van der Waals surface area contributed by atoms with Crippen molar-refractivity contribution < 1.29 is 19.4 Å². The highest BCUT2D eigenvalue weighted by Crippen LogP contribution is 2.28. The van der Waals surface area contributed by atoms with E-state index in [1.54, 1.807) is 6.07 Å². The Balaban J connectivity index is 2.35. The van der Waals surface area contributed by atoms with Gasteiger partial charge in [0.15, 0.2) is 6.61 Å². The van der Waals surface area contributed by atoms with Gasteiger partial charge >= 0.3 is 5.97 Å². The molecule has 0 saturated heterocycles. The first-order valence-electron chi connectivity index (χ1n) is 5.57. The zero-order valence-corrected chi connectivity index (χ0v) is 10.1. The Kier molecular flexibility index (Phi) is 3.79. The van der Waals surface area contributed by atoms with Crippen molar-refractivity contribution in [3.05, 3.63) is 42.0 Å². The van der Waals surface area contributed by atoms with Gasteiger partial charge in [-0.3, -0.25) is 0 Å². The molecule has 94 valence electrons. The molecule has 0 aromatic heterocycles. The first kappa shape index (κ1) is 12.4. The molecule has 1 N–H and O–H groups in total. The second kappa shape index (κ2) is 5.51. The number of aliphatic hydroxyl groups excluding tert-OH is 1. The van der Waals surface area contributed by atoms with Gasteiger partial charge in [0, 0.05) is 5.56 Å². The fourth-order valence-electron chi connectivity index (χ4n) is 1.81. The lowest BCUT2D eigenvalue weighted by atomic mass is 10.0. The predicted molar refractivity (Wildman–Crippen MR) is 67.4 cm³/mol. The highest BCUT2D eigenvalue weighted by Gasteiger charge is 2.09. The van der Waals surface area contributed by atoms with Gasteiger partial charge in [0.1, 0.15) is 5.75 Å². The molecule has 0 saturated carbocycles. The minimum absolute atomic E-state index is 0.141. The van der Waals surface area contributed by atoms with E-state index in [4.69, 9.17) is 4.74 Å². The third-order valence-electron chi connectivity index (χ3n) is 2.73. The average molecular weight is 246 g/mol. The van der Waals surface area contributed by atoms with Crippen LogP contribution in [0.15, 0.2) is 36.4 Å². The Morgan fingerprint density at radius 1 is 1.22 bits per heavy atom. The maximum Gasteiger partial charge on any atom is 0.343 e. The molecule has 0 heterocycles. The summed E-state index contributed by atoms with van der Waals surface area (Å²) in [5, 5.41) is 11.4. The molecule has 0 aliphatic carbocycles. The van der Waals surface area contributed by atoms with Gasteiger partial charge < -0.3 is 14.6 Å². The number of carbonyl (C=O) groups is 1. The molecule has 0 aliphatic rings. The second-order valence-corrected chi connectivity index (χ2v) is 3.79. The Hall–Kier alpha value is -2.07. The summed E-state index contributed by atoms with van der Waals surface area (Å²) in [4.78, 5) is 11.0. The maximum absolute atomic E-state index is 11.0. The van der Waals surface area contributed by atoms with Crippen LogP contribution in [0.4, 0.5) is 0 Å². The van der Waals surface area contributed by atoms with E-state index >= 15 is 0 Å². The minimum atomic E-state index is -0.452. The Morgan fingerprint density at radius 2 is 2.00 bits per heavy atom. The molecule has 0 atom stereocenters. The summed E-state index contributed by atoms with van der Waals surface area (Å²) in [6.45, 7) is -0.306. The largest absolute Gasteiger partial charge is 0.482 e. The molecule has 0 amide bonds. The normalized spacial score (nSPS) is 10.3. The van der Waals surface area contributed by atoms with Crippen LogP contribution in [-0.2, 0) is 16.1 Å². The Bertz CT molecular complexity index is 563. The van der Waals surface area contributed by atoms with Gasteiger partial charge in [-0.25, -0.2) is 4.79 Å². The third kappa shape index (κ3) is 2.43. The van der Waals surface area contributed by atoms with Gasteiger partial charge in [-0.05, 0) is 16.8 Å². The van der Waals surface area contributed by atoms with Crippen molar-refractivity contribution in [2.75, 3.05) is 13.7 Å². The Morgan fingerprint density at radius 3 is 2.72 bits per heavy atom. The van der Waals surface area contributed by atoms with Crippen LogP contribution in [0.2, 0.25) is 0 Å². The van der Waals surface area contributed by atoms with Crippen molar-refractivity contribution in [3.8, 4) is 5.75 Å². The minimum Gasteiger partial charge on any atom is -0.482 e. The van der Waals surface area contributed by atoms with Crippen molar-refractivity contribution in [2.24, 2.45) is 0 Å². The van der Waals surface area contributed by atoms with Gasteiger partial charge in [0.05, 0.1) is 13.7 Å². The quantitative estimate of drug-likeness (QED) is 0.837. The van der Waals surface area contributed by atoms with Crippen LogP contribution in [-0.4, -0.2) is 24.8 Å². The average Bonchev–Trinajstić information content (AvgIpc) is 2.43. The number of hydrogen-bond acceptors (Lipinski definition) is 4. The highest BCUT2D eigenvalue weighted by atomic mass is 16.6. The Labute approximate surface area is 105 Å². The van der Waals surface area contributed by atoms with E-state index in [9.17, 15) is 9.90 Å². The fourth-order valence-corrected chi connectivity index (χ4v) is 1.81. The van der Waals surface area contributed by atoms with E-state index in [1.165, 1.54) is 7.11 Å². The van der Waals surface area contributed by atoms with Crippen LogP contribution in [0.25, 0.3) is 10.8 Å². The summed E-state index contributed by atoms with van der Waals surface area (Å²) in [6.07, 6.45) is 0. The van der Waals surface area contributed by atoms with Gasteiger partial charge in [0.2, 0.25) is 0 Å². The van der Waals surface area contributed by atoms with E-state index in [1.807, 2.05) is 30.3 Å². The summed E-state index contributed by atoms with van der Waals surface area (Å²) in [5.74, 6) is 0.0497. The van der Waals surface area contributed by atoms with Crippen molar-refractivity contribution in [3.63, 3.8) is 0 Å². The van der Waals surface area contributed by atoms with E-state index in [-0.39, 0.29) is 13.2 Å². The number of rotatable bonds is 4. The van der Waals surface area contributed by atoms with E-state index in [0.29, 0.717) is 11.3 Å². The number of hydrogen-bond donors (Lipinski definition) is 1. The second-order valence-electron chi connectivity index (χ2n) is 3.79. The lowest BCUT2D eigenvalue weighted by Gasteiger charge is -2.11. The molecule has 0 aliphatic heterocycles. The monoisotopic (exact) mass is 246 g/mol. The van der Waals surface area contributed by atoms with Crippen LogP contribution in [0.5, 0.6) is 5.75 Å². The van der Waals surface area contributed by atoms with Crippen molar-refractivity contribution in [1.82, 2.24) is 0 Å². The van der Waals surface area contributed by atoms with Crippen LogP contribution in [0.3, 0.4) is 0 Å². The summed E-state index contributed by atoms with van der Waals surface area (Å²) < 4.78 is 9.86. The van der Waals surface area contributed by atoms with Gasteiger partial charge in [-0.1, -0.05) is 30.3 Å². The van der Waals surface area contributed by atoms with Gasteiger partial charge in [-0.2, -0.15) is 0 Å². The maximum atomic E-state index is 11.0. The van der Waals surface area contributed by atoms with Crippen LogP contribution in [0.1, 0.15) is 5.56 Å². The topological polar surface area (TPSA) is 55.8 Å². The molecule has 2 aromatic carbocycles. The number of methoxy groups -OCH3 is 1. The number of benzene rings is 2. The molecule has 0 spiro atoms. The first-order valence-corrected chi connectivity index (χ1v) is 5.57. The van der Waals surface area contributed by atoms with Crippen LogP contribution < -0.4 is 4.74 Å². The van der Waals surface area contributed by atoms with E-state index in [0.717, 1.165) is 10.8 Å². The number of fused-ring (bicyclic) bond motifs is 1. The lowest BCUT2D eigenvalue weighted by Crippen LogP contribution is -2.13. The number of ether oxygens (including phenoxy) is 2. The van der Waals surface area contributed by atoms with Gasteiger partial charge in [-0.15, -0.1) is 0 Å². The van der Waals surface area contributed by atoms with Crippen molar-refractivity contribution in [2.45, 2.75) is 6.61 Å². The third-order valence-corrected chi connectivity index (χ3v) is 2.73. The molecule has 18 heavy (non-hydrogen) atoms. The number of esters is 1.